The third-order valence-electron chi connectivity index (χ3n) is 3.69. The van der Waals surface area contributed by atoms with Crippen LogP contribution in [-0.2, 0) is 20.6 Å². The van der Waals surface area contributed by atoms with Crippen LogP contribution in [0.4, 0.5) is 18.9 Å². The van der Waals surface area contributed by atoms with Gasteiger partial charge in [-0.25, -0.2) is 0 Å². The standard InChI is InChI=1S/C15H16F3N3O3/c1-10(22)20-6-8-21(9-7-20)14(24)13(23)19-12-5-3-2-4-11(12)15(16,17)18/h2-5H,6-9H2,1H3,(H,19,23). The van der Waals surface area contributed by atoms with Crippen molar-refractivity contribution < 1.29 is 27.6 Å². The summed E-state index contributed by atoms with van der Waals surface area (Å²) in [6.07, 6.45) is -4.64. The molecule has 1 N–H and O–H groups in total. The Hall–Kier alpha value is -2.58. The molecule has 0 radical (unpaired) electrons. The zero-order chi connectivity index (χ0) is 17.9. The first-order chi connectivity index (χ1) is 11.2. The topological polar surface area (TPSA) is 69.7 Å². The number of anilines is 1. The molecule has 1 aromatic carbocycles. The summed E-state index contributed by atoms with van der Waals surface area (Å²) in [5, 5.41) is 2.02. The molecule has 0 saturated carbocycles. The van der Waals surface area contributed by atoms with Crippen molar-refractivity contribution in [2.24, 2.45) is 0 Å². The van der Waals surface area contributed by atoms with Crippen LogP contribution in [0.3, 0.4) is 0 Å². The Morgan fingerprint density at radius 1 is 1.00 bits per heavy atom. The summed E-state index contributed by atoms with van der Waals surface area (Å²) < 4.78 is 38.7. The molecule has 1 aliphatic heterocycles. The van der Waals surface area contributed by atoms with E-state index in [1.54, 1.807) is 0 Å². The minimum Gasteiger partial charge on any atom is -0.339 e. The van der Waals surface area contributed by atoms with Gasteiger partial charge in [-0.1, -0.05) is 12.1 Å². The van der Waals surface area contributed by atoms with E-state index in [2.05, 4.69) is 0 Å². The molecule has 130 valence electrons. The van der Waals surface area contributed by atoms with Crippen LogP contribution in [0.5, 0.6) is 0 Å². The highest BCUT2D eigenvalue weighted by Gasteiger charge is 2.34. The van der Waals surface area contributed by atoms with Gasteiger partial charge in [0.25, 0.3) is 0 Å². The van der Waals surface area contributed by atoms with Crippen LogP contribution in [-0.4, -0.2) is 53.7 Å². The molecule has 9 heteroatoms. The van der Waals surface area contributed by atoms with Crippen LogP contribution in [0.25, 0.3) is 0 Å². The number of carbonyl (C=O) groups is 3. The molecule has 2 rings (SSSR count). The van der Waals surface area contributed by atoms with Crippen molar-refractivity contribution in [1.29, 1.82) is 0 Å². The number of piperazine rings is 1. The maximum atomic E-state index is 12.9. The van der Waals surface area contributed by atoms with Crippen LogP contribution in [0.15, 0.2) is 24.3 Å². The summed E-state index contributed by atoms with van der Waals surface area (Å²) >= 11 is 0. The van der Waals surface area contributed by atoms with E-state index in [-0.39, 0.29) is 32.1 Å². The maximum Gasteiger partial charge on any atom is 0.418 e. The third kappa shape index (κ3) is 4.03. The Kier molecular flexibility index (Phi) is 5.10. The van der Waals surface area contributed by atoms with Crippen LogP contribution in [0, 0.1) is 0 Å². The van der Waals surface area contributed by atoms with Gasteiger partial charge in [0.2, 0.25) is 5.91 Å². The first-order valence-corrected chi connectivity index (χ1v) is 7.22. The lowest BCUT2D eigenvalue weighted by molar-refractivity contribution is -0.146. The first kappa shape index (κ1) is 17.8. The molecule has 0 spiro atoms. The SMILES string of the molecule is CC(=O)N1CCN(C(=O)C(=O)Nc2ccccc2C(F)(F)F)CC1. The van der Waals surface area contributed by atoms with Crippen molar-refractivity contribution in [1.82, 2.24) is 9.80 Å². The van der Waals surface area contributed by atoms with E-state index in [0.717, 1.165) is 12.1 Å². The number of nitrogens with zero attached hydrogens (tertiary/aromatic N) is 2. The van der Waals surface area contributed by atoms with E-state index >= 15 is 0 Å². The third-order valence-corrected chi connectivity index (χ3v) is 3.69. The van der Waals surface area contributed by atoms with E-state index in [1.807, 2.05) is 5.32 Å². The summed E-state index contributed by atoms with van der Waals surface area (Å²) in [7, 11) is 0. The summed E-state index contributed by atoms with van der Waals surface area (Å²) in [5.41, 5.74) is -1.49. The number of rotatable bonds is 1. The molecule has 1 fully saturated rings. The second kappa shape index (κ2) is 6.90. The summed E-state index contributed by atoms with van der Waals surface area (Å²) in [4.78, 5) is 38.0. The lowest BCUT2D eigenvalue weighted by atomic mass is 10.1. The first-order valence-electron chi connectivity index (χ1n) is 7.22. The zero-order valence-corrected chi connectivity index (χ0v) is 12.9. The van der Waals surface area contributed by atoms with Gasteiger partial charge in [-0.3, -0.25) is 14.4 Å². The molecular formula is C15H16F3N3O3. The van der Waals surface area contributed by atoms with Gasteiger partial charge in [-0.05, 0) is 12.1 Å². The van der Waals surface area contributed by atoms with Gasteiger partial charge in [0.05, 0.1) is 11.3 Å². The molecule has 0 bridgehead atoms. The van der Waals surface area contributed by atoms with Crippen molar-refractivity contribution in [2.45, 2.75) is 13.1 Å². The fraction of sp³-hybridized carbons (Fsp3) is 0.400. The van der Waals surface area contributed by atoms with Gasteiger partial charge in [0.1, 0.15) is 0 Å². The molecule has 3 amide bonds. The fourth-order valence-corrected chi connectivity index (χ4v) is 2.38. The van der Waals surface area contributed by atoms with Gasteiger partial charge in [0.15, 0.2) is 0 Å². The zero-order valence-electron chi connectivity index (χ0n) is 12.9. The lowest BCUT2D eigenvalue weighted by Gasteiger charge is -2.33. The molecule has 1 aliphatic rings. The summed E-state index contributed by atoms with van der Waals surface area (Å²) in [6.45, 7) is 2.29. The van der Waals surface area contributed by atoms with Crippen molar-refractivity contribution in [3.63, 3.8) is 0 Å². The van der Waals surface area contributed by atoms with Gasteiger partial charge < -0.3 is 15.1 Å². The highest BCUT2D eigenvalue weighted by molar-refractivity contribution is 6.39. The molecule has 0 aliphatic carbocycles. The molecule has 0 atom stereocenters. The summed E-state index contributed by atoms with van der Waals surface area (Å²) in [6, 6.07) is 4.44. The van der Waals surface area contributed by atoms with E-state index in [9.17, 15) is 27.6 Å². The van der Waals surface area contributed by atoms with Crippen molar-refractivity contribution >= 4 is 23.4 Å². The molecule has 6 nitrogen and oxygen atoms in total. The van der Waals surface area contributed by atoms with Gasteiger partial charge in [-0.2, -0.15) is 13.2 Å². The minimum absolute atomic E-state index is 0.134. The maximum absolute atomic E-state index is 12.9. The predicted molar refractivity (Wildman–Crippen MR) is 78.9 cm³/mol. The number of hydrogen-bond donors (Lipinski definition) is 1. The van der Waals surface area contributed by atoms with Gasteiger partial charge in [0, 0.05) is 33.1 Å². The number of carbonyl (C=O) groups excluding carboxylic acids is 3. The van der Waals surface area contributed by atoms with E-state index in [4.69, 9.17) is 0 Å². The Morgan fingerprint density at radius 3 is 2.08 bits per heavy atom. The molecular weight excluding hydrogens is 327 g/mol. The van der Waals surface area contributed by atoms with Crippen LogP contribution in [0.2, 0.25) is 0 Å². The van der Waals surface area contributed by atoms with Crippen molar-refractivity contribution in [3.8, 4) is 0 Å². The van der Waals surface area contributed by atoms with E-state index in [1.165, 1.54) is 28.9 Å². The predicted octanol–water partition coefficient (Wildman–Crippen LogP) is 1.33. The number of benzene rings is 1. The van der Waals surface area contributed by atoms with Crippen LogP contribution < -0.4 is 5.32 Å². The monoisotopic (exact) mass is 343 g/mol. The van der Waals surface area contributed by atoms with Crippen molar-refractivity contribution in [3.05, 3.63) is 29.8 Å². The minimum atomic E-state index is -4.64. The Balaban J connectivity index is 2.03. The molecule has 1 saturated heterocycles. The van der Waals surface area contributed by atoms with Gasteiger partial charge in [-0.15, -0.1) is 0 Å². The molecule has 1 heterocycles. The largest absolute Gasteiger partial charge is 0.418 e. The van der Waals surface area contributed by atoms with E-state index in [0.29, 0.717) is 0 Å². The number of alkyl halides is 3. The molecule has 0 aromatic heterocycles. The van der Waals surface area contributed by atoms with Crippen molar-refractivity contribution in [2.75, 3.05) is 31.5 Å². The fourth-order valence-electron chi connectivity index (χ4n) is 2.38. The molecule has 0 unspecified atom stereocenters. The van der Waals surface area contributed by atoms with Crippen LogP contribution in [0.1, 0.15) is 12.5 Å². The van der Waals surface area contributed by atoms with Crippen LogP contribution >= 0.6 is 0 Å². The lowest BCUT2D eigenvalue weighted by Crippen LogP contribution is -2.52. The number of amides is 3. The summed E-state index contributed by atoms with van der Waals surface area (Å²) in [5.74, 6) is -2.19. The number of para-hydroxylation sites is 1. The second-order valence-corrected chi connectivity index (χ2v) is 5.30. The Bertz CT molecular complexity index is 653. The number of nitrogens with one attached hydrogen (secondary N) is 1. The second-order valence-electron chi connectivity index (χ2n) is 5.30. The average molecular weight is 343 g/mol. The Labute approximate surface area is 136 Å². The highest BCUT2D eigenvalue weighted by atomic mass is 19.4. The number of halogens is 3. The van der Waals surface area contributed by atoms with E-state index < -0.39 is 29.2 Å². The van der Waals surface area contributed by atoms with Gasteiger partial charge >= 0.3 is 18.0 Å². The smallest absolute Gasteiger partial charge is 0.339 e. The molecule has 24 heavy (non-hydrogen) atoms. The Morgan fingerprint density at radius 2 is 1.54 bits per heavy atom. The normalized spacial score (nSPS) is 15.2. The quantitative estimate of drug-likeness (QED) is 0.782. The average Bonchev–Trinajstić information content (AvgIpc) is 2.53. The highest BCUT2D eigenvalue weighted by Crippen LogP contribution is 2.34. The number of hydrogen-bond acceptors (Lipinski definition) is 3. The molecule has 1 aromatic rings.